The molecule has 4 rings (SSSR count). The van der Waals surface area contributed by atoms with Crippen molar-refractivity contribution in [1.29, 1.82) is 0 Å². The lowest BCUT2D eigenvalue weighted by Gasteiger charge is -2.22. The summed E-state index contributed by atoms with van der Waals surface area (Å²) < 4.78 is 16.3. The topological polar surface area (TPSA) is 86.8 Å². The van der Waals surface area contributed by atoms with Gasteiger partial charge in [-0.3, -0.25) is 4.79 Å². The number of hydrogen-bond donors (Lipinski definition) is 1. The number of carbonyl (C=O) groups is 2. The van der Waals surface area contributed by atoms with E-state index in [0.717, 1.165) is 40.6 Å². The highest BCUT2D eigenvalue weighted by Crippen LogP contribution is 2.37. The summed E-state index contributed by atoms with van der Waals surface area (Å²) in [4.78, 5) is 30.4. The number of hydrogen-bond acceptors (Lipinski definition) is 6. The Hall–Kier alpha value is -3.87. The first-order valence-corrected chi connectivity index (χ1v) is 12.2. The number of amides is 1. The molecule has 1 amide bonds. The number of pyridine rings is 1. The monoisotopic (exact) mass is 488 g/mol. The minimum atomic E-state index is -0.503. The van der Waals surface area contributed by atoms with Crippen LogP contribution in [0.25, 0.3) is 22.6 Å². The number of fused-ring (bicyclic) bond motifs is 2. The van der Waals surface area contributed by atoms with Gasteiger partial charge in [0, 0.05) is 11.9 Å². The van der Waals surface area contributed by atoms with Crippen LogP contribution in [0.15, 0.2) is 42.5 Å². The van der Waals surface area contributed by atoms with Gasteiger partial charge in [0.1, 0.15) is 0 Å². The second-order valence-corrected chi connectivity index (χ2v) is 9.24. The number of allylic oxidation sites excluding steroid dienone is 1. The molecule has 0 unspecified atom stereocenters. The highest BCUT2D eigenvalue weighted by atomic mass is 16.5. The number of aromatic nitrogens is 1. The van der Waals surface area contributed by atoms with Crippen molar-refractivity contribution in [1.82, 2.24) is 10.3 Å². The van der Waals surface area contributed by atoms with Crippen molar-refractivity contribution in [2.24, 2.45) is 5.92 Å². The fourth-order valence-corrected chi connectivity index (χ4v) is 4.42. The number of carbonyl (C=O) groups excluding carboxylic acids is 2. The molecule has 0 fully saturated rings. The fraction of sp³-hybridized carbons (Fsp3) is 0.345. The first kappa shape index (κ1) is 25.2. The molecule has 0 aliphatic heterocycles. The van der Waals surface area contributed by atoms with Crippen LogP contribution < -0.4 is 14.8 Å². The van der Waals surface area contributed by atoms with E-state index < -0.39 is 5.97 Å². The van der Waals surface area contributed by atoms with Gasteiger partial charge in [-0.2, -0.15) is 0 Å². The number of esters is 1. The highest BCUT2D eigenvalue weighted by molar-refractivity contribution is 6.07. The van der Waals surface area contributed by atoms with E-state index in [1.54, 1.807) is 14.2 Å². The molecule has 3 aromatic rings. The highest BCUT2D eigenvalue weighted by Gasteiger charge is 2.26. The first-order valence-electron chi connectivity index (χ1n) is 12.2. The molecule has 2 aromatic carbocycles. The van der Waals surface area contributed by atoms with Crippen molar-refractivity contribution in [3.63, 3.8) is 0 Å². The molecule has 0 saturated carbocycles. The van der Waals surface area contributed by atoms with Gasteiger partial charge in [0.05, 0.1) is 31.0 Å². The normalized spacial score (nSPS) is 14.0. The summed E-state index contributed by atoms with van der Waals surface area (Å²) in [5, 5.41) is 3.52. The molecule has 0 radical (unpaired) electrons. The molecular weight excluding hydrogens is 456 g/mol. The second-order valence-electron chi connectivity index (χ2n) is 9.24. The third kappa shape index (κ3) is 5.51. The molecule has 0 bridgehead atoms. The number of ether oxygens (including phenoxy) is 3. The molecule has 1 heterocycles. The number of para-hydroxylation sites is 1. The van der Waals surface area contributed by atoms with Crippen molar-refractivity contribution >= 4 is 34.4 Å². The van der Waals surface area contributed by atoms with Crippen molar-refractivity contribution in [2.75, 3.05) is 27.4 Å². The molecule has 36 heavy (non-hydrogen) atoms. The number of nitrogens with one attached hydrogen (secondary N) is 1. The Labute approximate surface area is 211 Å². The molecule has 1 N–H and O–H groups in total. The molecule has 0 saturated heterocycles. The summed E-state index contributed by atoms with van der Waals surface area (Å²) in [6.07, 6.45) is 4.50. The van der Waals surface area contributed by atoms with E-state index in [0.29, 0.717) is 41.5 Å². The lowest BCUT2D eigenvalue weighted by Crippen LogP contribution is -2.31. The Balaban J connectivity index is 1.72. The second kappa shape index (κ2) is 11.2. The van der Waals surface area contributed by atoms with E-state index in [1.165, 1.54) is 0 Å². The van der Waals surface area contributed by atoms with Crippen LogP contribution in [0.4, 0.5) is 0 Å². The Bertz CT molecular complexity index is 1310. The SMILES string of the molecule is COc1ccc(C=C2CCCc3c2nc2ccccc2c3C(=O)OCC(=O)NCC(C)C)cc1OC. The third-order valence-corrected chi connectivity index (χ3v) is 6.16. The van der Waals surface area contributed by atoms with Crippen molar-refractivity contribution < 1.29 is 23.8 Å². The van der Waals surface area contributed by atoms with Gasteiger partial charge in [0.2, 0.25) is 0 Å². The number of benzene rings is 2. The molecule has 7 nitrogen and oxygen atoms in total. The van der Waals surface area contributed by atoms with Crippen LogP contribution in [-0.4, -0.2) is 44.2 Å². The summed E-state index contributed by atoms with van der Waals surface area (Å²) in [6, 6.07) is 13.3. The number of rotatable bonds is 8. The molecule has 1 aliphatic carbocycles. The zero-order chi connectivity index (χ0) is 25.7. The fourth-order valence-electron chi connectivity index (χ4n) is 4.42. The van der Waals surface area contributed by atoms with Gasteiger partial charge < -0.3 is 19.5 Å². The maximum atomic E-state index is 13.3. The quantitative estimate of drug-likeness (QED) is 0.446. The van der Waals surface area contributed by atoms with Crippen LogP contribution in [0.2, 0.25) is 0 Å². The first-order chi connectivity index (χ1) is 17.4. The summed E-state index contributed by atoms with van der Waals surface area (Å²) in [6.45, 7) is 4.24. The smallest absolute Gasteiger partial charge is 0.339 e. The van der Waals surface area contributed by atoms with Crippen molar-refractivity contribution in [3.05, 3.63) is 64.8 Å². The predicted molar refractivity (Wildman–Crippen MR) is 140 cm³/mol. The minimum Gasteiger partial charge on any atom is -0.493 e. The molecule has 7 heteroatoms. The van der Waals surface area contributed by atoms with Crippen LogP contribution in [0.3, 0.4) is 0 Å². The Morgan fingerprint density at radius 2 is 1.83 bits per heavy atom. The minimum absolute atomic E-state index is 0.307. The summed E-state index contributed by atoms with van der Waals surface area (Å²) in [7, 11) is 3.22. The van der Waals surface area contributed by atoms with E-state index in [9.17, 15) is 9.59 Å². The Kier molecular flexibility index (Phi) is 7.88. The largest absolute Gasteiger partial charge is 0.493 e. The molecule has 1 aromatic heterocycles. The maximum absolute atomic E-state index is 13.3. The Morgan fingerprint density at radius 3 is 2.58 bits per heavy atom. The van der Waals surface area contributed by atoms with Crippen LogP contribution in [-0.2, 0) is 16.0 Å². The average molecular weight is 489 g/mol. The maximum Gasteiger partial charge on any atom is 0.339 e. The average Bonchev–Trinajstić information content (AvgIpc) is 2.89. The lowest BCUT2D eigenvalue weighted by atomic mass is 9.86. The zero-order valence-corrected chi connectivity index (χ0v) is 21.2. The molecule has 188 valence electrons. The van der Waals surface area contributed by atoms with Gasteiger partial charge in [0.15, 0.2) is 18.1 Å². The molecular formula is C29H32N2O5. The summed E-state index contributed by atoms with van der Waals surface area (Å²) in [5.41, 5.74) is 4.86. The van der Waals surface area contributed by atoms with Crippen LogP contribution in [0.5, 0.6) is 11.5 Å². The number of methoxy groups -OCH3 is 2. The summed E-state index contributed by atoms with van der Waals surface area (Å²) >= 11 is 0. The van der Waals surface area contributed by atoms with Gasteiger partial charge in [-0.05, 0) is 66.2 Å². The lowest BCUT2D eigenvalue weighted by molar-refractivity contribution is -0.124. The Morgan fingerprint density at radius 1 is 1.06 bits per heavy atom. The number of nitrogens with zero attached hydrogens (tertiary/aromatic N) is 1. The van der Waals surface area contributed by atoms with Crippen LogP contribution in [0, 0.1) is 5.92 Å². The molecule has 0 atom stereocenters. The third-order valence-electron chi connectivity index (χ3n) is 6.16. The van der Waals surface area contributed by atoms with Gasteiger partial charge in [-0.15, -0.1) is 0 Å². The van der Waals surface area contributed by atoms with Crippen molar-refractivity contribution in [3.8, 4) is 11.5 Å². The predicted octanol–water partition coefficient (Wildman–Crippen LogP) is 5.06. The van der Waals surface area contributed by atoms with E-state index in [1.807, 2.05) is 56.3 Å². The standard InChI is InChI=1S/C29H32N2O5/c1-18(2)16-30-26(32)17-36-29(33)27-21-9-5-6-11-23(21)31-28-20(8-7-10-22(27)28)14-19-12-13-24(34-3)25(15-19)35-4/h5-6,9,11-15,18H,7-8,10,16-17H2,1-4H3,(H,30,32). The molecule has 1 aliphatic rings. The van der Waals surface area contributed by atoms with Gasteiger partial charge in [-0.1, -0.05) is 38.1 Å². The van der Waals surface area contributed by atoms with E-state index in [2.05, 4.69) is 11.4 Å². The van der Waals surface area contributed by atoms with Crippen molar-refractivity contribution in [2.45, 2.75) is 33.1 Å². The van der Waals surface area contributed by atoms with Gasteiger partial charge >= 0.3 is 5.97 Å². The summed E-state index contributed by atoms with van der Waals surface area (Å²) in [5.74, 6) is 0.816. The molecule has 0 spiro atoms. The van der Waals surface area contributed by atoms with E-state index in [-0.39, 0.29) is 12.5 Å². The van der Waals surface area contributed by atoms with E-state index in [4.69, 9.17) is 19.2 Å². The zero-order valence-electron chi connectivity index (χ0n) is 21.2. The van der Waals surface area contributed by atoms with Gasteiger partial charge in [0.25, 0.3) is 5.91 Å². The van der Waals surface area contributed by atoms with E-state index >= 15 is 0 Å². The van der Waals surface area contributed by atoms with Crippen LogP contribution >= 0.6 is 0 Å². The van der Waals surface area contributed by atoms with Crippen LogP contribution in [0.1, 0.15) is 53.9 Å². The van der Waals surface area contributed by atoms with Gasteiger partial charge in [-0.25, -0.2) is 9.78 Å².